The highest BCUT2D eigenvalue weighted by molar-refractivity contribution is 7.90. The Morgan fingerprint density at radius 3 is 1.03 bits per heavy atom. The van der Waals surface area contributed by atoms with Crippen molar-refractivity contribution in [2.24, 2.45) is 0 Å². The van der Waals surface area contributed by atoms with Gasteiger partial charge in [0.15, 0.2) is 0 Å². The van der Waals surface area contributed by atoms with Crippen LogP contribution in [0.4, 0.5) is 74.6 Å². The van der Waals surface area contributed by atoms with Gasteiger partial charge in [-0.2, -0.15) is 78.9 Å². The molecule has 39 heavy (non-hydrogen) atoms. The number of hydrogen-bond acceptors (Lipinski definition) is 4. The Morgan fingerprint density at radius 1 is 0.462 bits per heavy atom. The standard InChI is InChI=1S/C16H18F17NO4S/c17-9(18,11(21,22)13(25,26)15(29,30)31)10(19,20)12(23,24)14(27,28)16(32,33)39(37,38)34(5-1-3-7-35)6-2-4-8-36/h35-36H,1-8H2. The lowest BCUT2D eigenvalue weighted by Crippen LogP contribution is -2.75. The summed E-state index contributed by atoms with van der Waals surface area (Å²) >= 11 is 0. The first-order valence-electron chi connectivity index (χ1n) is 9.95. The summed E-state index contributed by atoms with van der Waals surface area (Å²) < 4.78 is 251. The Kier molecular flexibility index (Phi) is 11.1. The summed E-state index contributed by atoms with van der Waals surface area (Å²) in [7, 11) is -7.38. The second kappa shape index (κ2) is 11.5. The summed E-state index contributed by atoms with van der Waals surface area (Å²) in [4.78, 5) is 0. The minimum atomic E-state index is -8.89. The quantitative estimate of drug-likeness (QED) is 0.181. The second-order valence-electron chi connectivity index (χ2n) is 7.73. The van der Waals surface area contributed by atoms with E-state index in [2.05, 4.69) is 0 Å². The molecule has 0 saturated carbocycles. The lowest BCUT2D eigenvalue weighted by atomic mass is 9.91. The summed E-state index contributed by atoms with van der Waals surface area (Å²) in [6.07, 6.45) is -10.3. The maximum Gasteiger partial charge on any atom is 0.460 e. The van der Waals surface area contributed by atoms with Gasteiger partial charge in [-0.15, -0.1) is 0 Å². The molecule has 0 aromatic heterocycles. The molecule has 0 amide bonds. The highest BCUT2D eigenvalue weighted by Gasteiger charge is 2.96. The minimum Gasteiger partial charge on any atom is -0.396 e. The summed E-state index contributed by atoms with van der Waals surface area (Å²) in [6, 6.07) is 0. The number of sulfonamides is 1. The van der Waals surface area contributed by atoms with Crippen molar-refractivity contribution in [3.05, 3.63) is 0 Å². The van der Waals surface area contributed by atoms with Crippen LogP contribution in [0.15, 0.2) is 0 Å². The van der Waals surface area contributed by atoms with Gasteiger partial charge in [0.2, 0.25) is 0 Å². The predicted molar refractivity (Wildman–Crippen MR) is 93.8 cm³/mol. The van der Waals surface area contributed by atoms with Crippen molar-refractivity contribution < 1.29 is 93.3 Å². The normalized spacial score (nSPS) is 15.8. The Balaban J connectivity index is 6.92. The van der Waals surface area contributed by atoms with Gasteiger partial charge in [0, 0.05) is 26.3 Å². The first-order chi connectivity index (χ1) is 17.0. The highest BCUT2D eigenvalue weighted by Crippen LogP contribution is 2.64. The van der Waals surface area contributed by atoms with Gasteiger partial charge in [0.05, 0.1) is 0 Å². The Morgan fingerprint density at radius 2 is 0.744 bits per heavy atom. The Hall–Kier alpha value is -1.36. The second-order valence-corrected chi connectivity index (χ2v) is 9.71. The number of aliphatic hydroxyl groups is 2. The zero-order valence-electron chi connectivity index (χ0n) is 18.6. The zero-order chi connectivity index (χ0) is 31.7. The van der Waals surface area contributed by atoms with E-state index >= 15 is 0 Å². The SMILES string of the molecule is O=S(=O)(N(CCCCO)CCCCO)C(F)(F)C(F)(F)C(F)(F)C(F)(F)C(F)(F)C(F)(F)C(F)(F)C(F)(F)F. The lowest BCUT2D eigenvalue weighted by molar-refractivity contribution is -0.458. The smallest absolute Gasteiger partial charge is 0.396 e. The first-order valence-corrected chi connectivity index (χ1v) is 11.4. The van der Waals surface area contributed by atoms with Gasteiger partial charge in [0.1, 0.15) is 0 Å². The third-order valence-electron chi connectivity index (χ3n) is 4.99. The molecule has 0 aromatic rings. The van der Waals surface area contributed by atoms with Crippen molar-refractivity contribution in [2.45, 2.75) is 72.6 Å². The number of aliphatic hydroxyl groups excluding tert-OH is 2. The average molecular weight is 643 g/mol. The molecule has 0 saturated heterocycles. The van der Waals surface area contributed by atoms with E-state index in [1.165, 1.54) is 0 Å². The molecule has 0 radical (unpaired) electrons. The van der Waals surface area contributed by atoms with Gasteiger partial charge >= 0.3 is 47.0 Å². The summed E-state index contributed by atoms with van der Waals surface area (Å²) in [5.41, 5.74) is 0. The van der Waals surface area contributed by atoms with Crippen molar-refractivity contribution in [1.29, 1.82) is 0 Å². The van der Waals surface area contributed by atoms with Crippen LogP contribution in [0.2, 0.25) is 0 Å². The molecule has 236 valence electrons. The lowest BCUT2D eigenvalue weighted by Gasteiger charge is -2.43. The van der Waals surface area contributed by atoms with E-state index in [0.717, 1.165) is 0 Å². The van der Waals surface area contributed by atoms with Crippen LogP contribution in [0.3, 0.4) is 0 Å². The van der Waals surface area contributed by atoms with Crippen LogP contribution in [0.25, 0.3) is 0 Å². The topological polar surface area (TPSA) is 77.8 Å². The van der Waals surface area contributed by atoms with Gasteiger partial charge in [0.25, 0.3) is 10.0 Å². The van der Waals surface area contributed by atoms with Gasteiger partial charge in [-0.3, -0.25) is 0 Å². The van der Waals surface area contributed by atoms with Crippen molar-refractivity contribution in [1.82, 2.24) is 4.31 Å². The molecule has 0 fully saturated rings. The molecule has 0 aromatic carbocycles. The number of halogens is 17. The van der Waals surface area contributed by atoms with Crippen molar-refractivity contribution in [3.8, 4) is 0 Å². The summed E-state index contributed by atoms with van der Waals surface area (Å²) in [5, 5.41) is 9.62. The van der Waals surface area contributed by atoms with E-state index in [9.17, 15) is 83.1 Å². The summed E-state index contributed by atoms with van der Waals surface area (Å²) in [6.45, 7) is -4.30. The molecule has 0 aliphatic rings. The summed E-state index contributed by atoms with van der Waals surface area (Å²) in [5.74, 6) is -51.9. The van der Waals surface area contributed by atoms with Gasteiger partial charge < -0.3 is 10.2 Å². The monoisotopic (exact) mass is 643 g/mol. The predicted octanol–water partition coefficient (Wildman–Crippen LogP) is 5.13. The Labute approximate surface area is 207 Å². The number of unbranched alkanes of at least 4 members (excludes halogenated alkanes) is 2. The molecular weight excluding hydrogens is 625 g/mol. The molecule has 0 spiro atoms. The fraction of sp³-hybridized carbons (Fsp3) is 1.00. The zero-order valence-corrected chi connectivity index (χ0v) is 19.5. The van der Waals surface area contributed by atoms with Crippen LogP contribution in [0.5, 0.6) is 0 Å². The molecule has 0 aliphatic carbocycles. The average Bonchev–Trinajstić information content (AvgIpc) is 2.76. The van der Waals surface area contributed by atoms with E-state index in [4.69, 9.17) is 10.2 Å². The maximum absolute atomic E-state index is 14.3. The third-order valence-corrected chi connectivity index (χ3v) is 6.94. The maximum atomic E-state index is 14.3. The molecule has 0 heterocycles. The van der Waals surface area contributed by atoms with E-state index in [-0.39, 0.29) is 0 Å². The molecular formula is C16H18F17NO4S. The fourth-order valence-corrected chi connectivity index (χ4v) is 4.14. The van der Waals surface area contributed by atoms with Crippen LogP contribution in [-0.4, -0.2) is 96.2 Å². The van der Waals surface area contributed by atoms with Crippen molar-refractivity contribution in [2.75, 3.05) is 26.3 Å². The van der Waals surface area contributed by atoms with Crippen molar-refractivity contribution in [3.63, 3.8) is 0 Å². The molecule has 0 atom stereocenters. The van der Waals surface area contributed by atoms with Crippen LogP contribution in [0.1, 0.15) is 25.7 Å². The van der Waals surface area contributed by atoms with Crippen molar-refractivity contribution >= 4 is 10.0 Å². The molecule has 0 rings (SSSR count). The fourth-order valence-electron chi connectivity index (χ4n) is 2.63. The van der Waals surface area contributed by atoms with Crippen LogP contribution < -0.4 is 0 Å². The van der Waals surface area contributed by atoms with E-state index in [1.54, 1.807) is 0 Å². The highest BCUT2D eigenvalue weighted by atomic mass is 32.2. The molecule has 23 heteroatoms. The number of hydrogen-bond donors (Lipinski definition) is 2. The number of alkyl halides is 17. The minimum absolute atomic E-state index is 0.475. The van der Waals surface area contributed by atoms with Crippen LogP contribution in [-0.2, 0) is 10.0 Å². The van der Waals surface area contributed by atoms with E-state index < -0.39 is 113 Å². The van der Waals surface area contributed by atoms with Gasteiger partial charge in [-0.25, -0.2) is 8.42 Å². The van der Waals surface area contributed by atoms with Gasteiger partial charge in [-0.05, 0) is 25.7 Å². The van der Waals surface area contributed by atoms with Crippen LogP contribution >= 0.6 is 0 Å². The number of nitrogens with zero attached hydrogens (tertiary/aromatic N) is 1. The molecule has 2 N–H and O–H groups in total. The van der Waals surface area contributed by atoms with E-state index in [1.807, 2.05) is 0 Å². The third kappa shape index (κ3) is 5.86. The van der Waals surface area contributed by atoms with Crippen LogP contribution in [0, 0.1) is 0 Å². The van der Waals surface area contributed by atoms with E-state index in [0.29, 0.717) is 0 Å². The molecule has 0 bridgehead atoms. The number of rotatable bonds is 16. The molecule has 5 nitrogen and oxygen atoms in total. The Bertz CT molecular complexity index is 910. The first kappa shape index (κ1) is 37.6. The largest absolute Gasteiger partial charge is 0.460 e. The van der Waals surface area contributed by atoms with Gasteiger partial charge in [-0.1, -0.05) is 0 Å². The molecule has 0 aliphatic heterocycles. The molecule has 0 unspecified atom stereocenters.